The van der Waals surface area contributed by atoms with Crippen molar-refractivity contribution in [2.24, 2.45) is 17.8 Å². The van der Waals surface area contributed by atoms with Crippen molar-refractivity contribution in [3.05, 3.63) is 12.2 Å². The van der Waals surface area contributed by atoms with E-state index in [1.807, 2.05) is 18.6 Å². The summed E-state index contributed by atoms with van der Waals surface area (Å²) in [6.45, 7) is 19.3. The Kier molecular flexibility index (Phi) is 19.2. The average Bonchev–Trinajstić information content (AvgIpc) is 3.22. The van der Waals surface area contributed by atoms with Crippen molar-refractivity contribution in [2.45, 2.75) is 87.3 Å². The first-order valence-corrected chi connectivity index (χ1v) is 15.3. The third-order valence-electron chi connectivity index (χ3n) is 4.02. The number of hydrogen-bond donors (Lipinski definition) is 3. The highest BCUT2D eigenvalue weighted by atomic mass is 32.2. The second-order valence-corrected chi connectivity index (χ2v) is 14.1. The first-order valence-electron chi connectivity index (χ1n) is 11.6. The molecule has 2 amide bonds. The molecule has 13 heteroatoms. The standard InChI is InChI=1S/C7H15NO3S.C6H13NO2S.C5H9N3.C5H10O/c1-5(2)7(9)8-12(10,11)6(3)4;1-5(2)6(8)7-10(3,4)9;1-4(2)5-6-3-7-8-5;1-4(2)5(3)6/h5-6H,1-4H3,(H,8,9);5H,3H2,1-2,4H3,(H,7,8,9);3-4H,1-2H3,(H,6,7,8);4H,1-3H3. The lowest BCUT2D eigenvalue weighted by atomic mass is 10.1. The van der Waals surface area contributed by atoms with E-state index in [-0.39, 0.29) is 29.4 Å². The predicted molar refractivity (Wildman–Crippen MR) is 147 cm³/mol. The van der Waals surface area contributed by atoms with Crippen molar-refractivity contribution in [3.63, 3.8) is 0 Å². The summed E-state index contributed by atoms with van der Waals surface area (Å²) in [4.78, 5) is 35.9. The average molecular weight is 554 g/mol. The van der Waals surface area contributed by atoms with Gasteiger partial charge in [-0.15, -0.1) is 0 Å². The van der Waals surface area contributed by atoms with Crippen LogP contribution in [0.2, 0.25) is 0 Å². The molecular formula is C23H47N5O6S2. The predicted octanol–water partition coefficient (Wildman–Crippen LogP) is 2.68. The van der Waals surface area contributed by atoms with Crippen molar-refractivity contribution in [1.29, 1.82) is 0 Å². The molecule has 0 spiro atoms. The van der Waals surface area contributed by atoms with E-state index in [4.69, 9.17) is 0 Å². The van der Waals surface area contributed by atoms with Gasteiger partial charge in [-0.1, -0.05) is 55.4 Å². The number of carbonyl (C=O) groups is 3. The van der Waals surface area contributed by atoms with Gasteiger partial charge < -0.3 is 0 Å². The Morgan fingerprint density at radius 1 is 0.833 bits per heavy atom. The maximum Gasteiger partial charge on any atom is 0.237 e. The molecule has 0 aliphatic rings. The highest BCUT2D eigenvalue weighted by Gasteiger charge is 2.20. The van der Waals surface area contributed by atoms with Crippen LogP contribution < -0.4 is 9.44 Å². The number of aromatic amines is 1. The lowest BCUT2D eigenvalue weighted by molar-refractivity contribution is -0.122. The molecule has 1 unspecified atom stereocenters. The maximum atomic E-state index is 11.1. The van der Waals surface area contributed by atoms with E-state index in [1.54, 1.807) is 34.6 Å². The lowest BCUT2D eigenvalue weighted by Gasteiger charge is -2.10. The Bertz CT molecular complexity index is 982. The Hall–Kier alpha value is -2.28. The molecule has 212 valence electrons. The van der Waals surface area contributed by atoms with E-state index in [0.717, 1.165) is 5.82 Å². The molecule has 1 heterocycles. The third kappa shape index (κ3) is 22.2. The minimum atomic E-state index is -3.44. The van der Waals surface area contributed by atoms with Crippen LogP contribution in [0.1, 0.15) is 87.9 Å². The number of rotatable bonds is 7. The summed E-state index contributed by atoms with van der Waals surface area (Å²) in [6.07, 6.45) is 2.92. The summed E-state index contributed by atoms with van der Waals surface area (Å²) < 4.78 is 37.4. The molecule has 0 aliphatic heterocycles. The Balaban J connectivity index is -0.000000415. The number of H-pyrrole nitrogens is 1. The fourth-order valence-corrected chi connectivity index (χ4v) is 2.61. The monoisotopic (exact) mass is 553 g/mol. The second kappa shape index (κ2) is 18.0. The van der Waals surface area contributed by atoms with Crippen LogP contribution in [0.3, 0.4) is 0 Å². The lowest BCUT2D eigenvalue weighted by Crippen LogP contribution is -2.38. The molecule has 0 aromatic carbocycles. The molecule has 1 aromatic rings. The molecule has 0 saturated heterocycles. The Labute approximate surface area is 218 Å². The minimum absolute atomic E-state index is 0.137. The summed E-state index contributed by atoms with van der Waals surface area (Å²) in [5.74, 6) is 4.05. The molecule has 1 rings (SSSR count). The molecule has 36 heavy (non-hydrogen) atoms. The van der Waals surface area contributed by atoms with Crippen LogP contribution in [0, 0.1) is 17.8 Å². The van der Waals surface area contributed by atoms with Crippen LogP contribution in [0.15, 0.2) is 6.33 Å². The fourth-order valence-electron chi connectivity index (χ4n) is 1.20. The molecular weight excluding hydrogens is 506 g/mol. The SMILES string of the molecule is C=S(C)(=O)NC(=O)C(C)C.CC(=O)C(C)C.CC(C)C(=O)NS(=O)(=O)C(C)C.CC(C)c1ncn[nH]1. The van der Waals surface area contributed by atoms with Crippen LogP contribution in [0.4, 0.5) is 0 Å². The normalized spacial score (nSPS) is 12.5. The number of nitrogens with zero attached hydrogens (tertiary/aromatic N) is 2. The smallest absolute Gasteiger partial charge is 0.237 e. The van der Waals surface area contributed by atoms with Gasteiger partial charge in [-0.05, 0) is 26.6 Å². The van der Waals surface area contributed by atoms with Gasteiger partial charge in [0.1, 0.15) is 17.9 Å². The van der Waals surface area contributed by atoms with Gasteiger partial charge in [0, 0.05) is 39.6 Å². The van der Waals surface area contributed by atoms with E-state index < -0.39 is 30.9 Å². The molecule has 0 bridgehead atoms. The zero-order valence-electron chi connectivity index (χ0n) is 23.8. The summed E-state index contributed by atoms with van der Waals surface area (Å²) in [5, 5.41) is 5.91. The largest absolute Gasteiger partial charge is 0.300 e. The van der Waals surface area contributed by atoms with Gasteiger partial charge in [0.25, 0.3) is 0 Å². The molecule has 0 aliphatic carbocycles. The molecule has 1 atom stereocenters. The second-order valence-electron chi connectivity index (χ2n) is 9.63. The van der Waals surface area contributed by atoms with Gasteiger partial charge in [0.05, 0.1) is 5.25 Å². The zero-order valence-corrected chi connectivity index (χ0v) is 25.5. The van der Waals surface area contributed by atoms with Gasteiger partial charge in [0.15, 0.2) is 0 Å². The van der Waals surface area contributed by atoms with E-state index in [2.05, 4.69) is 39.6 Å². The number of carbonyl (C=O) groups excluding carboxylic acids is 3. The number of ketones is 1. The van der Waals surface area contributed by atoms with Crippen molar-refractivity contribution < 1.29 is 27.0 Å². The van der Waals surface area contributed by atoms with Crippen molar-refractivity contribution >= 4 is 43.2 Å². The summed E-state index contributed by atoms with van der Waals surface area (Å²) in [5.41, 5.74) is 0. The van der Waals surface area contributed by atoms with Crippen molar-refractivity contribution in [2.75, 3.05) is 6.26 Å². The number of nitrogens with one attached hydrogen (secondary N) is 3. The molecule has 3 N–H and O–H groups in total. The van der Waals surface area contributed by atoms with Gasteiger partial charge in [-0.3, -0.25) is 28.9 Å². The van der Waals surface area contributed by atoms with Crippen LogP contribution >= 0.6 is 0 Å². The molecule has 0 fully saturated rings. The summed E-state index contributed by atoms with van der Waals surface area (Å²) in [7, 11) is -5.81. The number of amides is 2. The summed E-state index contributed by atoms with van der Waals surface area (Å²) in [6, 6.07) is 0. The van der Waals surface area contributed by atoms with E-state index in [1.165, 1.54) is 26.4 Å². The van der Waals surface area contributed by atoms with Gasteiger partial charge in [0.2, 0.25) is 21.8 Å². The molecule has 0 radical (unpaired) electrons. The number of aromatic nitrogens is 3. The van der Waals surface area contributed by atoms with E-state index in [9.17, 15) is 27.0 Å². The number of hydrogen-bond acceptors (Lipinski definition) is 8. The van der Waals surface area contributed by atoms with Gasteiger partial charge in [-0.2, -0.15) is 5.10 Å². The van der Waals surface area contributed by atoms with E-state index >= 15 is 0 Å². The van der Waals surface area contributed by atoms with E-state index in [0.29, 0.717) is 5.92 Å². The zero-order chi connectivity index (χ0) is 29.4. The summed E-state index contributed by atoms with van der Waals surface area (Å²) >= 11 is 0. The Morgan fingerprint density at radius 2 is 1.22 bits per heavy atom. The first kappa shape index (κ1) is 38.3. The Morgan fingerprint density at radius 3 is 1.39 bits per heavy atom. The van der Waals surface area contributed by atoms with Gasteiger partial charge >= 0.3 is 0 Å². The van der Waals surface area contributed by atoms with Crippen molar-refractivity contribution in [1.82, 2.24) is 24.6 Å². The highest BCUT2D eigenvalue weighted by Crippen LogP contribution is 2.04. The number of Topliss-reactive ketones (excluding diaryl/α,β-unsaturated/α-hetero) is 1. The van der Waals surface area contributed by atoms with Crippen LogP contribution in [0.5, 0.6) is 0 Å². The molecule has 0 saturated carbocycles. The van der Waals surface area contributed by atoms with Crippen LogP contribution in [0.25, 0.3) is 0 Å². The topological polar surface area (TPSA) is 168 Å². The third-order valence-corrected chi connectivity index (χ3v) is 6.38. The quantitative estimate of drug-likeness (QED) is 0.433. The van der Waals surface area contributed by atoms with Crippen LogP contribution in [-0.4, -0.2) is 62.8 Å². The van der Waals surface area contributed by atoms with Gasteiger partial charge in [-0.25, -0.2) is 17.6 Å². The van der Waals surface area contributed by atoms with Crippen molar-refractivity contribution in [3.8, 4) is 0 Å². The maximum absolute atomic E-state index is 11.1. The first-order chi connectivity index (χ1) is 16.0. The number of sulfonamides is 1. The van der Waals surface area contributed by atoms with Crippen LogP contribution in [-0.2, 0) is 34.1 Å². The molecule has 11 nitrogen and oxygen atoms in total. The minimum Gasteiger partial charge on any atom is -0.300 e. The fraction of sp³-hybridized carbons (Fsp3) is 0.739. The highest BCUT2D eigenvalue weighted by molar-refractivity contribution is 7.98. The molecule has 1 aromatic heterocycles.